The van der Waals surface area contributed by atoms with E-state index in [1.807, 2.05) is 5.32 Å². The Kier molecular flexibility index (Phi) is 6.24. The zero-order valence-corrected chi connectivity index (χ0v) is 14.9. The summed E-state index contributed by atoms with van der Waals surface area (Å²) in [5.41, 5.74) is -2.48. The Morgan fingerprint density at radius 2 is 1.86 bits per heavy atom. The number of nitro groups is 1. The minimum atomic E-state index is -4.77. The van der Waals surface area contributed by atoms with E-state index in [9.17, 15) is 32.9 Å². The molecular formula is C17H12ClF3N2O5. The number of hydrogen-bond donors (Lipinski definition) is 1. The van der Waals surface area contributed by atoms with Crippen molar-refractivity contribution < 1.29 is 32.4 Å². The average Bonchev–Trinajstić information content (AvgIpc) is 2.60. The molecule has 1 N–H and O–H groups in total. The van der Waals surface area contributed by atoms with E-state index < -0.39 is 46.5 Å². The van der Waals surface area contributed by atoms with Gasteiger partial charge >= 0.3 is 12.1 Å². The highest BCUT2D eigenvalue weighted by Gasteiger charge is 2.35. The first-order valence-corrected chi connectivity index (χ1v) is 7.97. The van der Waals surface area contributed by atoms with E-state index in [0.29, 0.717) is 0 Å². The predicted octanol–water partition coefficient (Wildman–Crippen LogP) is 4.37. The van der Waals surface area contributed by atoms with Crippen LogP contribution in [0.5, 0.6) is 0 Å². The molecule has 0 saturated carbocycles. The quantitative estimate of drug-likeness (QED) is 0.443. The Hall–Kier alpha value is -3.14. The molecule has 0 heterocycles. The highest BCUT2D eigenvalue weighted by molar-refractivity contribution is 6.34. The van der Waals surface area contributed by atoms with Gasteiger partial charge in [-0.15, -0.1) is 0 Å². The number of nitrogens with zero attached hydrogens (tertiary/aromatic N) is 1. The van der Waals surface area contributed by atoms with E-state index in [4.69, 9.17) is 16.3 Å². The van der Waals surface area contributed by atoms with Crippen molar-refractivity contribution in [1.29, 1.82) is 0 Å². The number of nitro benzene ring substituents is 1. The maximum Gasteiger partial charge on any atom is 0.418 e. The summed E-state index contributed by atoms with van der Waals surface area (Å²) >= 11 is 5.72. The fraction of sp³-hybridized carbons (Fsp3) is 0.176. The third-order valence-corrected chi connectivity index (χ3v) is 3.88. The van der Waals surface area contributed by atoms with Crippen molar-refractivity contribution in [3.05, 3.63) is 68.2 Å². The summed E-state index contributed by atoms with van der Waals surface area (Å²) in [5.74, 6) is -2.25. The molecule has 0 atom stereocenters. The van der Waals surface area contributed by atoms with E-state index in [-0.39, 0.29) is 16.1 Å². The summed E-state index contributed by atoms with van der Waals surface area (Å²) in [4.78, 5) is 34.3. The monoisotopic (exact) mass is 416 g/mol. The highest BCUT2D eigenvalue weighted by Crippen LogP contribution is 2.38. The molecule has 0 aliphatic rings. The number of carbonyl (C=O) groups is 2. The number of ether oxygens (including phenoxy) is 1. The average molecular weight is 417 g/mol. The summed E-state index contributed by atoms with van der Waals surface area (Å²) in [5, 5.41) is 12.6. The molecule has 0 radical (unpaired) electrons. The van der Waals surface area contributed by atoms with Gasteiger partial charge in [-0.2, -0.15) is 13.2 Å². The number of rotatable bonds is 5. The number of halogens is 4. The van der Waals surface area contributed by atoms with Crippen molar-refractivity contribution in [1.82, 2.24) is 0 Å². The first kappa shape index (κ1) is 21.2. The van der Waals surface area contributed by atoms with Crippen LogP contribution in [0, 0.1) is 17.0 Å². The molecular weight excluding hydrogens is 405 g/mol. The summed E-state index contributed by atoms with van der Waals surface area (Å²) in [6.07, 6.45) is -4.77. The van der Waals surface area contributed by atoms with Crippen molar-refractivity contribution in [2.75, 3.05) is 11.9 Å². The second-order valence-corrected chi connectivity index (χ2v) is 5.92. The van der Waals surface area contributed by atoms with E-state index in [0.717, 1.165) is 24.3 Å². The van der Waals surface area contributed by atoms with Gasteiger partial charge in [-0.25, -0.2) is 4.79 Å². The minimum Gasteiger partial charge on any atom is -0.452 e. The Balaban J connectivity index is 2.15. The second-order valence-electron chi connectivity index (χ2n) is 5.51. The van der Waals surface area contributed by atoms with E-state index in [2.05, 4.69) is 0 Å². The van der Waals surface area contributed by atoms with Crippen LogP contribution in [0.1, 0.15) is 21.5 Å². The van der Waals surface area contributed by atoms with Gasteiger partial charge in [0.25, 0.3) is 11.6 Å². The largest absolute Gasteiger partial charge is 0.452 e. The summed E-state index contributed by atoms with van der Waals surface area (Å²) in [6.45, 7) is 0.468. The van der Waals surface area contributed by atoms with E-state index >= 15 is 0 Å². The molecule has 0 unspecified atom stereocenters. The van der Waals surface area contributed by atoms with Crippen LogP contribution in [-0.4, -0.2) is 23.4 Å². The SMILES string of the molecule is Cc1cccc([N+](=O)[O-])c1C(=O)OCC(=O)Nc1c(Cl)cccc1C(F)(F)F. The van der Waals surface area contributed by atoms with Crippen LogP contribution >= 0.6 is 11.6 Å². The number of esters is 1. The molecule has 2 rings (SSSR count). The van der Waals surface area contributed by atoms with Gasteiger partial charge in [0.15, 0.2) is 6.61 Å². The summed E-state index contributed by atoms with van der Waals surface area (Å²) < 4.78 is 43.8. The Morgan fingerprint density at radius 1 is 1.21 bits per heavy atom. The number of anilines is 1. The molecule has 0 aliphatic carbocycles. The third kappa shape index (κ3) is 4.77. The van der Waals surface area contributed by atoms with Gasteiger partial charge in [0.2, 0.25) is 0 Å². The van der Waals surface area contributed by atoms with Crippen molar-refractivity contribution in [2.45, 2.75) is 13.1 Å². The van der Waals surface area contributed by atoms with E-state index in [1.54, 1.807) is 0 Å². The fourth-order valence-corrected chi connectivity index (χ4v) is 2.56. The predicted molar refractivity (Wildman–Crippen MR) is 93.2 cm³/mol. The molecule has 0 saturated heterocycles. The molecule has 2 aromatic rings. The zero-order valence-electron chi connectivity index (χ0n) is 14.2. The number of aryl methyl sites for hydroxylation is 1. The fourth-order valence-electron chi connectivity index (χ4n) is 2.34. The van der Waals surface area contributed by atoms with Gasteiger partial charge in [0.05, 0.1) is 21.2 Å². The first-order chi connectivity index (χ1) is 13.0. The van der Waals surface area contributed by atoms with Crippen molar-refractivity contribution in [3.63, 3.8) is 0 Å². The lowest BCUT2D eigenvalue weighted by atomic mass is 10.1. The summed E-state index contributed by atoms with van der Waals surface area (Å²) in [6, 6.07) is 6.83. The number of para-hydroxylation sites is 1. The first-order valence-electron chi connectivity index (χ1n) is 7.59. The standard InChI is InChI=1S/C17H12ClF3N2O5/c1-9-4-2-7-12(23(26)27)14(9)16(25)28-8-13(24)22-15-10(17(19,20)21)5-3-6-11(15)18/h2-7H,8H2,1H3,(H,22,24). The lowest BCUT2D eigenvalue weighted by molar-refractivity contribution is -0.385. The molecule has 11 heteroatoms. The van der Waals surface area contributed by atoms with Crippen molar-refractivity contribution >= 4 is 34.9 Å². The second kappa shape index (κ2) is 8.26. The van der Waals surface area contributed by atoms with Gasteiger partial charge in [-0.05, 0) is 24.6 Å². The van der Waals surface area contributed by atoms with Crippen LogP contribution in [0.15, 0.2) is 36.4 Å². The normalized spacial score (nSPS) is 11.0. The van der Waals surface area contributed by atoms with Crippen LogP contribution in [0.4, 0.5) is 24.5 Å². The number of nitrogens with one attached hydrogen (secondary N) is 1. The smallest absolute Gasteiger partial charge is 0.418 e. The maximum absolute atomic E-state index is 13.0. The Labute approximate surface area is 161 Å². The number of alkyl halides is 3. The van der Waals surface area contributed by atoms with Gasteiger partial charge in [0.1, 0.15) is 5.56 Å². The minimum absolute atomic E-state index is 0.241. The Morgan fingerprint density at radius 3 is 2.46 bits per heavy atom. The highest BCUT2D eigenvalue weighted by atomic mass is 35.5. The van der Waals surface area contributed by atoms with Crippen LogP contribution < -0.4 is 5.32 Å². The third-order valence-electron chi connectivity index (χ3n) is 3.57. The zero-order chi connectivity index (χ0) is 21.1. The summed E-state index contributed by atoms with van der Waals surface area (Å²) in [7, 11) is 0. The number of carbonyl (C=O) groups excluding carboxylic acids is 2. The van der Waals surface area contributed by atoms with Crippen LogP contribution in [-0.2, 0) is 15.7 Å². The topological polar surface area (TPSA) is 98.5 Å². The molecule has 28 heavy (non-hydrogen) atoms. The lowest BCUT2D eigenvalue weighted by Gasteiger charge is -2.15. The van der Waals surface area contributed by atoms with Gasteiger partial charge < -0.3 is 10.1 Å². The maximum atomic E-state index is 13.0. The molecule has 1 amide bonds. The number of hydrogen-bond acceptors (Lipinski definition) is 5. The van der Waals surface area contributed by atoms with Gasteiger partial charge in [-0.3, -0.25) is 14.9 Å². The van der Waals surface area contributed by atoms with Crippen molar-refractivity contribution in [2.24, 2.45) is 0 Å². The number of benzene rings is 2. The molecule has 7 nitrogen and oxygen atoms in total. The number of amides is 1. The lowest BCUT2D eigenvalue weighted by Crippen LogP contribution is -2.23. The molecule has 0 fully saturated rings. The van der Waals surface area contributed by atoms with Gasteiger partial charge in [-0.1, -0.05) is 29.8 Å². The molecule has 148 valence electrons. The van der Waals surface area contributed by atoms with Crippen LogP contribution in [0.3, 0.4) is 0 Å². The van der Waals surface area contributed by atoms with Gasteiger partial charge in [0, 0.05) is 6.07 Å². The molecule has 0 spiro atoms. The van der Waals surface area contributed by atoms with Crippen molar-refractivity contribution in [3.8, 4) is 0 Å². The van der Waals surface area contributed by atoms with Crippen LogP contribution in [0.2, 0.25) is 5.02 Å². The molecule has 0 bridgehead atoms. The van der Waals surface area contributed by atoms with E-state index in [1.165, 1.54) is 19.1 Å². The molecule has 0 aliphatic heterocycles. The van der Waals surface area contributed by atoms with Crippen LogP contribution in [0.25, 0.3) is 0 Å². The molecule has 0 aromatic heterocycles. The molecule has 2 aromatic carbocycles. The Bertz CT molecular complexity index is 947.